The molecule has 2 aliphatic heterocycles. The molecule has 2 fully saturated rings. The number of hydrogen-bond acceptors (Lipinski definition) is 5. The third kappa shape index (κ3) is 3.56. The molecule has 1 aromatic rings. The van der Waals surface area contributed by atoms with E-state index in [1.54, 1.807) is 21.0 Å². The zero-order valence-corrected chi connectivity index (χ0v) is 14.4. The summed E-state index contributed by atoms with van der Waals surface area (Å²) in [7, 11) is -3.53. The van der Waals surface area contributed by atoms with Crippen LogP contribution in [0.25, 0.3) is 0 Å². The van der Waals surface area contributed by atoms with Crippen molar-refractivity contribution in [2.75, 3.05) is 39.3 Å². The number of rotatable bonds is 3. The third-order valence-electron chi connectivity index (χ3n) is 4.28. The van der Waals surface area contributed by atoms with E-state index in [1.807, 2.05) is 26.0 Å². The summed E-state index contributed by atoms with van der Waals surface area (Å²) in [6.45, 7) is 6.75. The molecule has 1 aromatic heterocycles. The summed E-state index contributed by atoms with van der Waals surface area (Å²) in [6.07, 6.45) is 3.44. The van der Waals surface area contributed by atoms with Crippen LogP contribution < -0.4 is 5.32 Å². The normalized spacial score (nSPS) is 27.0. The second-order valence-electron chi connectivity index (χ2n) is 6.57. The average Bonchev–Trinajstić information content (AvgIpc) is 2.55. The average molecular weight is 340 g/mol. The number of pyridine rings is 1. The van der Waals surface area contributed by atoms with Gasteiger partial charge in [-0.1, -0.05) is 6.07 Å². The van der Waals surface area contributed by atoms with Crippen molar-refractivity contribution in [2.45, 2.75) is 25.5 Å². The molecular weight excluding hydrogens is 316 g/mol. The Morgan fingerprint density at radius 1 is 1.39 bits per heavy atom. The van der Waals surface area contributed by atoms with Crippen LogP contribution in [0.2, 0.25) is 0 Å². The zero-order valence-electron chi connectivity index (χ0n) is 13.6. The van der Waals surface area contributed by atoms with Crippen LogP contribution in [0.5, 0.6) is 0 Å². The van der Waals surface area contributed by atoms with Crippen molar-refractivity contribution in [3.63, 3.8) is 0 Å². The molecule has 7 nitrogen and oxygen atoms in total. The number of hydrogen-bond donors (Lipinski definition) is 1. The number of nitrogens with one attached hydrogen (secondary N) is 1. The number of piperazine rings is 1. The van der Waals surface area contributed by atoms with E-state index in [-0.39, 0.29) is 6.04 Å². The third-order valence-corrected chi connectivity index (χ3v) is 6.27. The molecule has 8 heteroatoms. The second kappa shape index (κ2) is 6.45. The summed E-state index contributed by atoms with van der Waals surface area (Å²) >= 11 is 0. The summed E-state index contributed by atoms with van der Waals surface area (Å²) in [5.41, 5.74) is 0.458. The molecule has 0 spiro atoms. The summed E-state index contributed by atoms with van der Waals surface area (Å²) < 4.78 is 35.1. The highest BCUT2D eigenvalue weighted by Gasteiger charge is 2.41. The lowest BCUT2D eigenvalue weighted by Gasteiger charge is -2.42. The van der Waals surface area contributed by atoms with Crippen LogP contribution >= 0.6 is 0 Å². The first-order valence-corrected chi connectivity index (χ1v) is 9.31. The topological polar surface area (TPSA) is 74.8 Å². The van der Waals surface area contributed by atoms with Crippen molar-refractivity contribution in [3.8, 4) is 0 Å². The SMILES string of the molecule is CC1(C)CN(S(=O)(=O)N2CCNCC2c2cccnc2)CCO1. The van der Waals surface area contributed by atoms with Crippen molar-refractivity contribution in [3.05, 3.63) is 30.1 Å². The van der Waals surface area contributed by atoms with Gasteiger partial charge in [0.15, 0.2) is 0 Å². The van der Waals surface area contributed by atoms with Gasteiger partial charge in [-0.05, 0) is 25.5 Å². The number of ether oxygens (including phenoxy) is 1. The standard InChI is InChI=1S/C15H24N4O3S/c1-15(2)12-18(8-9-22-15)23(20,21)19-7-6-17-11-14(19)13-4-3-5-16-10-13/h3-5,10,14,17H,6-9,11-12H2,1-2H3. The van der Waals surface area contributed by atoms with E-state index in [4.69, 9.17) is 4.74 Å². The minimum atomic E-state index is -3.53. The molecule has 1 unspecified atom stereocenters. The van der Waals surface area contributed by atoms with Crippen LogP contribution in [-0.4, -0.2) is 66.9 Å². The Kier molecular flexibility index (Phi) is 4.70. The van der Waals surface area contributed by atoms with Gasteiger partial charge in [-0.3, -0.25) is 4.98 Å². The predicted molar refractivity (Wildman–Crippen MR) is 87.1 cm³/mol. The summed E-state index contributed by atoms with van der Waals surface area (Å²) in [6, 6.07) is 3.54. The first kappa shape index (κ1) is 16.8. The number of nitrogens with zero attached hydrogens (tertiary/aromatic N) is 3. The molecular formula is C15H24N4O3S. The van der Waals surface area contributed by atoms with Gasteiger partial charge in [0.25, 0.3) is 10.2 Å². The molecule has 0 aliphatic carbocycles. The van der Waals surface area contributed by atoms with Crippen molar-refractivity contribution in [2.24, 2.45) is 0 Å². The summed E-state index contributed by atoms with van der Waals surface area (Å²) in [4.78, 5) is 4.13. The first-order valence-electron chi connectivity index (χ1n) is 7.92. The van der Waals surface area contributed by atoms with E-state index < -0.39 is 15.8 Å². The monoisotopic (exact) mass is 340 g/mol. The lowest BCUT2D eigenvalue weighted by molar-refractivity contribution is -0.0656. The maximum atomic E-state index is 13.2. The van der Waals surface area contributed by atoms with E-state index in [2.05, 4.69) is 10.3 Å². The van der Waals surface area contributed by atoms with E-state index >= 15 is 0 Å². The predicted octanol–water partition coefficient (Wildman–Crippen LogP) is 0.384. The fourth-order valence-electron chi connectivity index (χ4n) is 3.14. The molecule has 0 saturated carbocycles. The molecule has 3 rings (SSSR count). The Hall–Kier alpha value is -1.06. The van der Waals surface area contributed by atoms with E-state index in [0.717, 1.165) is 5.56 Å². The lowest BCUT2D eigenvalue weighted by atomic mass is 10.1. The zero-order chi connectivity index (χ0) is 16.5. The van der Waals surface area contributed by atoms with Crippen LogP contribution in [0.15, 0.2) is 24.5 Å². The minimum absolute atomic E-state index is 0.228. The van der Waals surface area contributed by atoms with Gasteiger partial charge in [-0.25, -0.2) is 0 Å². The Balaban J connectivity index is 1.87. The van der Waals surface area contributed by atoms with E-state index in [1.165, 1.54) is 0 Å². The molecule has 0 bridgehead atoms. The quantitative estimate of drug-likeness (QED) is 0.861. The molecule has 1 atom stereocenters. The molecule has 0 radical (unpaired) electrons. The number of aromatic nitrogens is 1. The number of morpholine rings is 1. The van der Waals surface area contributed by atoms with Crippen molar-refractivity contribution < 1.29 is 13.2 Å². The minimum Gasteiger partial charge on any atom is -0.373 e. The highest BCUT2D eigenvalue weighted by molar-refractivity contribution is 7.86. The highest BCUT2D eigenvalue weighted by atomic mass is 32.2. The molecule has 128 valence electrons. The van der Waals surface area contributed by atoms with E-state index in [0.29, 0.717) is 39.3 Å². The van der Waals surface area contributed by atoms with Gasteiger partial charge in [0.2, 0.25) is 0 Å². The summed E-state index contributed by atoms with van der Waals surface area (Å²) in [5, 5.41) is 3.28. The molecule has 0 aromatic carbocycles. The highest BCUT2D eigenvalue weighted by Crippen LogP contribution is 2.28. The van der Waals surface area contributed by atoms with Gasteiger partial charge in [-0.2, -0.15) is 17.0 Å². The Morgan fingerprint density at radius 2 is 2.22 bits per heavy atom. The van der Waals surface area contributed by atoms with Crippen LogP contribution in [-0.2, 0) is 14.9 Å². The molecule has 2 saturated heterocycles. The molecule has 3 heterocycles. The Morgan fingerprint density at radius 3 is 2.91 bits per heavy atom. The molecule has 1 N–H and O–H groups in total. The van der Waals surface area contributed by atoms with Gasteiger partial charge >= 0.3 is 0 Å². The lowest BCUT2D eigenvalue weighted by Crippen LogP contribution is -2.58. The fraction of sp³-hybridized carbons (Fsp3) is 0.667. The smallest absolute Gasteiger partial charge is 0.282 e. The van der Waals surface area contributed by atoms with Crippen LogP contribution in [0.3, 0.4) is 0 Å². The van der Waals surface area contributed by atoms with Gasteiger partial charge in [-0.15, -0.1) is 0 Å². The molecule has 2 aliphatic rings. The maximum Gasteiger partial charge on any atom is 0.282 e. The van der Waals surface area contributed by atoms with Gasteiger partial charge in [0, 0.05) is 45.1 Å². The molecule has 23 heavy (non-hydrogen) atoms. The van der Waals surface area contributed by atoms with Gasteiger partial charge in [0.1, 0.15) is 0 Å². The van der Waals surface area contributed by atoms with Crippen molar-refractivity contribution in [1.82, 2.24) is 18.9 Å². The van der Waals surface area contributed by atoms with E-state index in [9.17, 15) is 8.42 Å². The second-order valence-corrected chi connectivity index (χ2v) is 8.45. The van der Waals surface area contributed by atoms with Crippen molar-refractivity contribution >= 4 is 10.2 Å². The summed E-state index contributed by atoms with van der Waals surface area (Å²) in [5.74, 6) is 0. The van der Waals surface area contributed by atoms with Gasteiger partial charge in [0.05, 0.1) is 18.2 Å². The van der Waals surface area contributed by atoms with Crippen molar-refractivity contribution in [1.29, 1.82) is 0 Å². The molecule has 0 amide bonds. The Labute approximate surface area is 137 Å². The fourth-order valence-corrected chi connectivity index (χ4v) is 5.05. The van der Waals surface area contributed by atoms with Crippen LogP contribution in [0.1, 0.15) is 25.5 Å². The maximum absolute atomic E-state index is 13.2. The Bertz CT molecular complexity index is 635. The van der Waals surface area contributed by atoms with Gasteiger partial charge < -0.3 is 10.1 Å². The largest absolute Gasteiger partial charge is 0.373 e. The van der Waals surface area contributed by atoms with Crippen LogP contribution in [0, 0.1) is 0 Å². The first-order chi connectivity index (χ1) is 10.9. The van der Waals surface area contributed by atoms with Crippen LogP contribution in [0.4, 0.5) is 0 Å².